The molecule has 18 heavy (non-hydrogen) atoms. The Hall–Kier alpha value is -1.40. The molecule has 0 aliphatic rings. The summed E-state index contributed by atoms with van der Waals surface area (Å²) >= 11 is 0. The molecule has 0 spiro atoms. The van der Waals surface area contributed by atoms with Crippen LogP contribution in [0.3, 0.4) is 0 Å². The molecule has 1 N–H and O–H groups in total. The van der Waals surface area contributed by atoms with E-state index in [-0.39, 0.29) is 11.2 Å². The quantitative estimate of drug-likeness (QED) is 0.885. The fourth-order valence-electron chi connectivity index (χ4n) is 1.55. The van der Waals surface area contributed by atoms with Crippen molar-refractivity contribution in [2.45, 2.75) is 34.2 Å². The van der Waals surface area contributed by atoms with E-state index in [2.05, 4.69) is 39.1 Å². The molecule has 0 heterocycles. The molecular formula is C15H21FN2. The molecular weight excluding hydrogens is 227 g/mol. The van der Waals surface area contributed by atoms with E-state index < -0.39 is 0 Å². The number of nitrogens with zero attached hydrogens (tertiary/aromatic N) is 1. The van der Waals surface area contributed by atoms with Crippen molar-refractivity contribution in [3.8, 4) is 6.07 Å². The molecule has 2 nitrogen and oxygen atoms in total. The fourth-order valence-corrected chi connectivity index (χ4v) is 1.55. The second-order valence-corrected chi connectivity index (χ2v) is 5.81. The van der Waals surface area contributed by atoms with Gasteiger partial charge in [-0.15, -0.1) is 0 Å². The summed E-state index contributed by atoms with van der Waals surface area (Å²) in [4.78, 5) is 0. The van der Waals surface area contributed by atoms with Crippen LogP contribution in [-0.4, -0.2) is 6.54 Å². The van der Waals surface area contributed by atoms with Crippen LogP contribution < -0.4 is 5.32 Å². The van der Waals surface area contributed by atoms with Gasteiger partial charge in [0.05, 0.1) is 11.6 Å². The molecule has 98 valence electrons. The molecule has 1 unspecified atom stereocenters. The first-order valence-corrected chi connectivity index (χ1v) is 6.24. The second-order valence-electron chi connectivity index (χ2n) is 5.81. The Morgan fingerprint density at radius 3 is 2.61 bits per heavy atom. The molecule has 1 rings (SSSR count). The van der Waals surface area contributed by atoms with Crippen molar-refractivity contribution in [3.05, 3.63) is 35.1 Å². The molecule has 0 fully saturated rings. The number of benzene rings is 1. The van der Waals surface area contributed by atoms with Gasteiger partial charge < -0.3 is 5.32 Å². The predicted octanol–water partition coefficient (Wildman–Crippen LogP) is 3.47. The summed E-state index contributed by atoms with van der Waals surface area (Å²) < 4.78 is 13.1. The largest absolute Gasteiger partial charge is 0.312 e. The normalized spacial score (nSPS) is 13.1. The molecule has 1 aromatic carbocycles. The Morgan fingerprint density at radius 2 is 2.06 bits per heavy atom. The van der Waals surface area contributed by atoms with E-state index in [0.29, 0.717) is 18.0 Å². The SMILES string of the molecule is CC(CNCc1cc(F)ccc1C#N)C(C)(C)C. The molecule has 0 aliphatic heterocycles. The van der Waals surface area contributed by atoms with Crippen LogP contribution in [0.15, 0.2) is 18.2 Å². The second kappa shape index (κ2) is 5.97. The molecule has 1 atom stereocenters. The summed E-state index contributed by atoms with van der Waals surface area (Å²) in [5, 5.41) is 12.2. The zero-order valence-electron chi connectivity index (χ0n) is 11.5. The van der Waals surface area contributed by atoms with Crippen molar-refractivity contribution in [1.82, 2.24) is 5.32 Å². The van der Waals surface area contributed by atoms with Crippen LogP contribution in [0.1, 0.15) is 38.8 Å². The lowest BCUT2D eigenvalue weighted by Gasteiger charge is -2.27. The molecule has 0 aliphatic carbocycles. The van der Waals surface area contributed by atoms with Crippen LogP contribution in [0.4, 0.5) is 4.39 Å². The zero-order valence-corrected chi connectivity index (χ0v) is 11.5. The lowest BCUT2D eigenvalue weighted by molar-refractivity contribution is 0.252. The maximum atomic E-state index is 13.1. The minimum absolute atomic E-state index is 0.243. The highest BCUT2D eigenvalue weighted by molar-refractivity contribution is 5.37. The molecule has 0 saturated carbocycles. The van der Waals surface area contributed by atoms with Crippen molar-refractivity contribution in [3.63, 3.8) is 0 Å². The van der Waals surface area contributed by atoms with E-state index >= 15 is 0 Å². The fraction of sp³-hybridized carbons (Fsp3) is 0.533. The van der Waals surface area contributed by atoms with Gasteiger partial charge in [0.25, 0.3) is 0 Å². The van der Waals surface area contributed by atoms with Crippen molar-refractivity contribution in [2.24, 2.45) is 11.3 Å². The van der Waals surface area contributed by atoms with Crippen molar-refractivity contribution >= 4 is 0 Å². The third-order valence-electron chi connectivity index (χ3n) is 3.43. The standard InChI is InChI=1S/C15H21FN2/c1-11(15(2,3)4)9-18-10-13-7-14(16)6-5-12(13)8-17/h5-7,11,18H,9-10H2,1-4H3. The van der Waals surface area contributed by atoms with E-state index in [1.807, 2.05) is 0 Å². The Balaban J connectivity index is 2.60. The topological polar surface area (TPSA) is 35.8 Å². The third-order valence-corrected chi connectivity index (χ3v) is 3.43. The average Bonchev–Trinajstić information content (AvgIpc) is 2.28. The van der Waals surface area contributed by atoms with Gasteiger partial charge in [0.1, 0.15) is 5.82 Å². The molecule has 0 saturated heterocycles. The van der Waals surface area contributed by atoms with Crippen molar-refractivity contribution < 1.29 is 4.39 Å². The van der Waals surface area contributed by atoms with Gasteiger partial charge in [0, 0.05) is 6.54 Å². The molecule has 3 heteroatoms. The summed E-state index contributed by atoms with van der Waals surface area (Å²) in [7, 11) is 0. The van der Waals surface area contributed by atoms with E-state index in [0.717, 1.165) is 12.1 Å². The summed E-state index contributed by atoms with van der Waals surface area (Å²) in [6.45, 7) is 10.2. The summed E-state index contributed by atoms with van der Waals surface area (Å²) in [6, 6.07) is 6.35. The van der Waals surface area contributed by atoms with Gasteiger partial charge in [-0.1, -0.05) is 27.7 Å². The minimum Gasteiger partial charge on any atom is -0.312 e. The average molecular weight is 248 g/mol. The molecule has 0 radical (unpaired) electrons. The molecule has 0 bridgehead atoms. The maximum Gasteiger partial charge on any atom is 0.123 e. The van der Waals surface area contributed by atoms with Gasteiger partial charge in [0.2, 0.25) is 0 Å². The maximum absolute atomic E-state index is 13.1. The number of hydrogen-bond acceptors (Lipinski definition) is 2. The Labute approximate surface area is 109 Å². The predicted molar refractivity (Wildman–Crippen MR) is 71.4 cm³/mol. The van der Waals surface area contributed by atoms with Crippen LogP contribution in [-0.2, 0) is 6.54 Å². The van der Waals surface area contributed by atoms with Gasteiger partial charge in [-0.2, -0.15) is 5.26 Å². The van der Waals surface area contributed by atoms with Crippen LogP contribution in [0, 0.1) is 28.5 Å². The van der Waals surface area contributed by atoms with E-state index in [9.17, 15) is 4.39 Å². The van der Waals surface area contributed by atoms with Crippen molar-refractivity contribution in [1.29, 1.82) is 5.26 Å². The van der Waals surface area contributed by atoms with E-state index in [1.54, 1.807) is 0 Å². The number of nitriles is 1. The van der Waals surface area contributed by atoms with Gasteiger partial charge >= 0.3 is 0 Å². The highest BCUT2D eigenvalue weighted by atomic mass is 19.1. The van der Waals surface area contributed by atoms with Gasteiger partial charge in [-0.25, -0.2) is 4.39 Å². The van der Waals surface area contributed by atoms with E-state index in [1.165, 1.54) is 18.2 Å². The van der Waals surface area contributed by atoms with Gasteiger partial charge in [-0.3, -0.25) is 0 Å². The summed E-state index contributed by atoms with van der Waals surface area (Å²) in [6.07, 6.45) is 0. The zero-order chi connectivity index (χ0) is 13.8. The van der Waals surface area contributed by atoms with Gasteiger partial charge in [-0.05, 0) is 41.6 Å². The first-order chi connectivity index (χ1) is 8.34. The lowest BCUT2D eigenvalue weighted by Crippen LogP contribution is -2.29. The summed E-state index contributed by atoms with van der Waals surface area (Å²) in [5.41, 5.74) is 1.50. The molecule has 0 amide bonds. The van der Waals surface area contributed by atoms with Crippen LogP contribution in [0.25, 0.3) is 0 Å². The number of hydrogen-bond donors (Lipinski definition) is 1. The first-order valence-electron chi connectivity index (χ1n) is 6.24. The van der Waals surface area contributed by atoms with E-state index in [4.69, 9.17) is 5.26 Å². The minimum atomic E-state index is -0.297. The first kappa shape index (κ1) is 14.7. The highest BCUT2D eigenvalue weighted by Gasteiger charge is 2.19. The Bertz CT molecular complexity index is 441. The Morgan fingerprint density at radius 1 is 1.39 bits per heavy atom. The highest BCUT2D eigenvalue weighted by Crippen LogP contribution is 2.24. The van der Waals surface area contributed by atoms with Gasteiger partial charge in [0.15, 0.2) is 0 Å². The molecule has 0 aromatic heterocycles. The van der Waals surface area contributed by atoms with Crippen LogP contribution in [0.5, 0.6) is 0 Å². The Kier molecular flexibility index (Phi) is 4.86. The van der Waals surface area contributed by atoms with Crippen LogP contribution in [0.2, 0.25) is 0 Å². The lowest BCUT2D eigenvalue weighted by atomic mass is 9.82. The smallest absolute Gasteiger partial charge is 0.123 e. The number of rotatable bonds is 4. The van der Waals surface area contributed by atoms with Crippen LogP contribution >= 0.6 is 0 Å². The number of nitrogens with one attached hydrogen (secondary N) is 1. The molecule has 1 aromatic rings. The number of halogens is 1. The van der Waals surface area contributed by atoms with Crippen molar-refractivity contribution in [2.75, 3.05) is 6.54 Å². The monoisotopic (exact) mass is 248 g/mol. The third kappa shape index (κ3) is 4.12. The summed E-state index contributed by atoms with van der Waals surface area (Å²) in [5.74, 6) is 0.214.